The van der Waals surface area contributed by atoms with E-state index < -0.39 is 5.41 Å². The third-order valence-corrected chi connectivity index (χ3v) is 13.1. The van der Waals surface area contributed by atoms with Crippen LogP contribution in [0.25, 0.3) is 66.8 Å². The van der Waals surface area contributed by atoms with Gasteiger partial charge in [-0.1, -0.05) is 212 Å². The van der Waals surface area contributed by atoms with Gasteiger partial charge in [0.2, 0.25) is 0 Å². The Bertz CT molecular complexity index is 3180. The zero-order valence-electron chi connectivity index (χ0n) is 34.1. The first-order valence-corrected chi connectivity index (χ1v) is 21.5. The van der Waals surface area contributed by atoms with Crippen LogP contribution in [0.1, 0.15) is 22.3 Å². The number of rotatable bonds is 7. The first-order chi connectivity index (χ1) is 30.8. The molecule has 10 aromatic carbocycles. The lowest BCUT2D eigenvalue weighted by Crippen LogP contribution is -2.26. The SMILES string of the molecule is c1ccc(-c2ccc(N(c3ccc(-c4ccccc4)cc3)c3cccc4c3-c3ccccc3C43c4ccccc4-c4cccc(-c5cccc(-c6ccccc6)c5)c43)cc2)cc1. The molecule has 1 spiro atoms. The zero-order chi connectivity index (χ0) is 41.0. The highest BCUT2D eigenvalue weighted by Crippen LogP contribution is 2.66. The minimum absolute atomic E-state index is 0.548. The van der Waals surface area contributed by atoms with Gasteiger partial charge in [0.15, 0.2) is 0 Å². The Kier molecular flexibility index (Phi) is 8.47. The van der Waals surface area contributed by atoms with E-state index in [9.17, 15) is 0 Å². The van der Waals surface area contributed by atoms with Crippen LogP contribution in [-0.2, 0) is 5.41 Å². The molecule has 0 N–H and O–H groups in total. The van der Waals surface area contributed by atoms with Gasteiger partial charge in [-0.25, -0.2) is 0 Å². The molecule has 0 fully saturated rings. The van der Waals surface area contributed by atoms with Crippen LogP contribution in [0.5, 0.6) is 0 Å². The molecule has 1 nitrogen and oxygen atoms in total. The Morgan fingerprint density at radius 2 is 0.661 bits per heavy atom. The molecule has 290 valence electrons. The predicted molar refractivity (Wildman–Crippen MR) is 259 cm³/mol. The summed E-state index contributed by atoms with van der Waals surface area (Å²) in [5.41, 5.74) is 22.9. The fraction of sp³-hybridized carbons (Fsp3) is 0.0164. The lowest BCUT2D eigenvalue weighted by atomic mass is 9.68. The number of hydrogen-bond acceptors (Lipinski definition) is 1. The average molecular weight is 788 g/mol. The molecule has 0 heterocycles. The van der Waals surface area contributed by atoms with Crippen LogP contribution in [0.15, 0.2) is 249 Å². The second-order valence-corrected chi connectivity index (χ2v) is 16.4. The molecule has 0 radical (unpaired) electrons. The minimum Gasteiger partial charge on any atom is -0.310 e. The van der Waals surface area contributed by atoms with E-state index in [1.54, 1.807) is 0 Å². The molecule has 1 atom stereocenters. The van der Waals surface area contributed by atoms with Gasteiger partial charge in [-0.3, -0.25) is 0 Å². The van der Waals surface area contributed by atoms with E-state index in [1.807, 2.05) is 0 Å². The molecule has 1 heteroatoms. The normalized spacial score (nSPS) is 14.2. The highest BCUT2D eigenvalue weighted by atomic mass is 15.1. The Labute approximate surface area is 363 Å². The first-order valence-electron chi connectivity index (χ1n) is 21.5. The van der Waals surface area contributed by atoms with Gasteiger partial charge in [0, 0.05) is 16.9 Å². The Balaban J connectivity index is 1.11. The fourth-order valence-electron chi connectivity index (χ4n) is 10.4. The highest BCUT2D eigenvalue weighted by molar-refractivity contribution is 6.03. The van der Waals surface area contributed by atoms with Gasteiger partial charge in [-0.05, 0) is 120 Å². The third-order valence-electron chi connectivity index (χ3n) is 13.1. The van der Waals surface area contributed by atoms with Crippen LogP contribution in [0, 0.1) is 0 Å². The molecule has 1 unspecified atom stereocenters. The zero-order valence-corrected chi connectivity index (χ0v) is 34.1. The molecule has 0 bridgehead atoms. The summed E-state index contributed by atoms with van der Waals surface area (Å²) in [6.45, 7) is 0. The van der Waals surface area contributed by atoms with Gasteiger partial charge >= 0.3 is 0 Å². The van der Waals surface area contributed by atoms with E-state index >= 15 is 0 Å². The van der Waals surface area contributed by atoms with E-state index in [4.69, 9.17) is 0 Å². The average Bonchev–Trinajstić information content (AvgIpc) is 3.83. The molecule has 62 heavy (non-hydrogen) atoms. The lowest BCUT2D eigenvalue weighted by Gasteiger charge is -2.33. The molecular formula is C61H41N. The molecule has 0 aromatic heterocycles. The molecule has 10 aromatic rings. The van der Waals surface area contributed by atoms with Gasteiger partial charge in [-0.15, -0.1) is 0 Å². The van der Waals surface area contributed by atoms with Crippen molar-refractivity contribution in [2.45, 2.75) is 5.41 Å². The summed E-state index contributed by atoms with van der Waals surface area (Å²) in [6, 6.07) is 91.5. The van der Waals surface area contributed by atoms with Crippen molar-refractivity contribution >= 4 is 17.1 Å². The predicted octanol–water partition coefficient (Wildman–Crippen LogP) is 16.2. The standard InChI is InChI=1S/C61H41N/c1-4-17-42(18-5-1)45-33-37-49(38-34-45)62(50-39-35-46(36-40-50)43-19-6-2-7-20-43)58-32-16-31-57-59(58)54-26-11-13-30-56(54)61(57)55-29-12-10-25-52(55)53-28-15-27-51(60(53)61)48-24-14-23-47(41-48)44-21-8-3-9-22-44/h1-41H. The van der Waals surface area contributed by atoms with Gasteiger partial charge in [0.1, 0.15) is 0 Å². The van der Waals surface area contributed by atoms with Crippen LogP contribution in [0.3, 0.4) is 0 Å². The van der Waals surface area contributed by atoms with E-state index in [-0.39, 0.29) is 0 Å². The monoisotopic (exact) mass is 787 g/mol. The fourth-order valence-corrected chi connectivity index (χ4v) is 10.4. The maximum absolute atomic E-state index is 2.47. The first kappa shape index (κ1) is 35.9. The van der Waals surface area contributed by atoms with Crippen molar-refractivity contribution in [2.75, 3.05) is 4.90 Å². The van der Waals surface area contributed by atoms with Crippen molar-refractivity contribution in [1.29, 1.82) is 0 Å². The number of benzene rings is 10. The Morgan fingerprint density at radius 1 is 0.258 bits per heavy atom. The van der Waals surface area contributed by atoms with Crippen molar-refractivity contribution in [3.8, 4) is 66.8 Å². The maximum atomic E-state index is 2.47. The number of fused-ring (bicyclic) bond motifs is 10. The molecule has 2 aliphatic rings. The van der Waals surface area contributed by atoms with Gasteiger partial charge in [0.25, 0.3) is 0 Å². The minimum atomic E-state index is -0.548. The Morgan fingerprint density at radius 3 is 1.27 bits per heavy atom. The summed E-state index contributed by atoms with van der Waals surface area (Å²) in [7, 11) is 0. The smallest absolute Gasteiger partial charge is 0.0732 e. The van der Waals surface area contributed by atoms with Crippen molar-refractivity contribution in [3.05, 3.63) is 271 Å². The van der Waals surface area contributed by atoms with E-state index in [1.165, 1.54) is 89.0 Å². The number of anilines is 3. The molecule has 2 aliphatic carbocycles. The Hall–Kier alpha value is -8.00. The third kappa shape index (κ3) is 5.56. The molecule has 0 saturated heterocycles. The molecule has 0 aliphatic heterocycles. The van der Waals surface area contributed by atoms with Gasteiger partial charge < -0.3 is 4.90 Å². The summed E-state index contributed by atoms with van der Waals surface area (Å²) < 4.78 is 0. The second kappa shape index (κ2) is 14.6. The van der Waals surface area contributed by atoms with Gasteiger partial charge in [-0.2, -0.15) is 0 Å². The summed E-state index contributed by atoms with van der Waals surface area (Å²) in [5.74, 6) is 0. The molecule has 0 saturated carbocycles. The topological polar surface area (TPSA) is 3.24 Å². The largest absolute Gasteiger partial charge is 0.310 e. The van der Waals surface area contributed by atoms with Crippen molar-refractivity contribution in [1.82, 2.24) is 0 Å². The number of nitrogens with zero attached hydrogens (tertiary/aromatic N) is 1. The van der Waals surface area contributed by atoms with Crippen molar-refractivity contribution in [2.24, 2.45) is 0 Å². The van der Waals surface area contributed by atoms with Crippen molar-refractivity contribution < 1.29 is 0 Å². The number of hydrogen-bond donors (Lipinski definition) is 0. The quantitative estimate of drug-likeness (QED) is 0.155. The summed E-state index contributed by atoms with van der Waals surface area (Å²) in [4.78, 5) is 2.47. The molecule has 0 amide bonds. The van der Waals surface area contributed by atoms with E-state index in [2.05, 4.69) is 254 Å². The van der Waals surface area contributed by atoms with Crippen LogP contribution in [0.4, 0.5) is 17.1 Å². The lowest BCUT2D eigenvalue weighted by molar-refractivity contribution is 0.795. The highest BCUT2D eigenvalue weighted by Gasteiger charge is 2.53. The summed E-state index contributed by atoms with van der Waals surface area (Å²) >= 11 is 0. The second-order valence-electron chi connectivity index (χ2n) is 16.4. The van der Waals surface area contributed by atoms with Crippen LogP contribution in [0.2, 0.25) is 0 Å². The van der Waals surface area contributed by atoms with E-state index in [0.717, 1.165) is 17.1 Å². The van der Waals surface area contributed by atoms with Crippen molar-refractivity contribution in [3.63, 3.8) is 0 Å². The molecular weight excluding hydrogens is 747 g/mol. The van der Waals surface area contributed by atoms with Crippen LogP contribution < -0.4 is 4.90 Å². The van der Waals surface area contributed by atoms with E-state index in [0.29, 0.717) is 0 Å². The van der Waals surface area contributed by atoms with Gasteiger partial charge in [0.05, 0.1) is 11.1 Å². The molecule has 12 rings (SSSR count). The van der Waals surface area contributed by atoms with Crippen LogP contribution in [-0.4, -0.2) is 0 Å². The summed E-state index contributed by atoms with van der Waals surface area (Å²) in [6.07, 6.45) is 0. The maximum Gasteiger partial charge on any atom is 0.0732 e. The van der Waals surface area contributed by atoms with Crippen LogP contribution >= 0.6 is 0 Å². The summed E-state index contributed by atoms with van der Waals surface area (Å²) in [5, 5.41) is 0.